The predicted octanol–water partition coefficient (Wildman–Crippen LogP) is -1.04. The van der Waals surface area contributed by atoms with Crippen LogP contribution >= 0.6 is 0 Å². The summed E-state index contributed by atoms with van der Waals surface area (Å²) in [4.78, 5) is 79.0. The zero-order valence-electron chi connectivity index (χ0n) is 31.5. The Bertz CT molecular complexity index is 2140. The highest BCUT2D eigenvalue weighted by molar-refractivity contribution is 6.31. The van der Waals surface area contributed by atoms with Crippen LogP contribution in [0.15, 0.2) is 48.5 Å². The minimum Gasteiger partial charge on any atom is -0.507 e. The number of aromatic hydroxyl groups is 2. The Morgan fingerprint density at radius 2 is 1.69 bits per heavy atom. The van der Waals surface area contributed by atoms with Gasteiger partial charge in [0.05, 0.1) is 55.1 Å². The largest absolute Gasteiger partial charge is 0.507 e. The summed E-state index contributed by atoms with van der Waals surface area (Å²) in [5.41, 5.74) is 1.87. The summed E-state index contributed by atoms with van der Waals surface area (Å²) in [5.74, 6) is -6.24. The van der Waals surface area contributed by atoms with Crippen molar-refractivity contribution in [1.82, 2.24) is 16.0 Å². The number of ketones is 3. The third-order valence-electron chi connectivity index (χ3n) is 10.6. The maximum Gasteiger partial charge on any atom is 0.243 e. The third-order valence-corrected chi connectivity index (χ3v) is 10.6. The van der Waals surface area contributed by atoms with Crippen LogP contribution < -0.4 is 26.4 Å². The van der Waals surface area contributed by atoms with Crippen molar-refractivity contribution in [1.29, 1.82) is 0 Å². The van der Waals surface area contributed by atoms with E-state index < -0.39 is 126 Å². The molecule has 7 atom stereocenters. The second kappa shape index (κ2) is 17.0. The molecule has 2 aliphatic carbocycles. The lowest BCUT2D eigenvalue weighted by Gasteiger charge is -2.43. The molecule has 3 amide bonds. The first-order valence-corrected chi connectivity index (χ1v) is 18.4. The molecule has 6 rings (SSSR count). The molecule has 0 aromatic heterocycles. The normalized spacial score (nSPS) is 24.1. The summed E-state index contributed by atoms with van der Waals surface area (Å²) < 4.78 is 17.4. The lowest BCUT2D eigenvalue weighted by molar-refractivity contribution is -0.249. The van der Waals surface area contributed by atoms with E-state index in [2.05, 4.69) is 16.0 Å². The van der Waals surface area contributed by atoms with E-state index in [0.29, 0.717) is 0 Å². The van der Waals surface area contributed by atoms with Gasteiger partial charge in [0, 0.05) is 42.4 Å². The number of rotatable bonds is 13. The van der Waals surface area contributed by atoms with Gasteiger partial charge in [-0.1, -0.05) is 42.5 Å². The topological polar surface area (TPSA) is 293 Å². The predicted molar refractivity (Wildman–Crippen MR) is 200 cm³/mol. The minimum atomic E-state index is -2.39. The van der Waals surface area contributed by atoms with Gasteiger partial charge < -0.3 is 61.4 Å². The molecule has 1 fully saturated rings. The van der Waals surface area contributed by atoms with Crippen LogP contribution in [-0.2, 0) is 41.5 Å². The first-order chi connectivity index (χ1) is 27.6. The highest BCUT2D eigenvalue weighted by Gasteiger charge is 2.50. The molecule has 308 valence electrons. The quantitative estimate of drug-likeness (QED) is 0.0730. The molecule has 0 radical (unpaired) electrons. The molecule has 0 saturated carbocycles. The molecule has 0 unspecified atom stereocenters. The van der Waals surface area contributed by atoms with Crippen molar-refractivity contribution in [3.8, 4) is 17.2 Å². The van der Waals surface area contributed by atoms with Crippen molar-refractivity contribution in [2.75, 3.05) is 26.8 Å². The maximum atomic E-state index is 13.9. The first-order valence-electron chi connectivity index (χ1n) is 18.4. The van der Waals surface area contributed by atoms with E-state index in [1.54, 1.807) is 30.3 Å². The molecule has 10 N–H and O–H groups in total. The van der Waals surface area contributed by atoms with Crippen LogP contribution in [0, 0.1) is 0 Å². The Morgan fingerprint density at radius 3 is 2.36 bits per heavy atom. The summed E-state index contributed by atoms with van der Waals surface area (Å²) in [5, 5.41) is 63.3. The summed E-state index contributed by atoms with van der Waals surface area (Å²) in [6.45, 7) is -0.556. The second-order valence-corrected chi connectivity index (χ2v) is 14.4. The number of hydrogen-bond donors (Lipinski definition) is 9. The van der Waals surface area contributed by atoms with Gasteiger partial charge in [0.25, 0.3) is 0 Å². The number of carbonyl (C=O) groups is 6. The average molecular weight is 805 g/mol. The van der Waals surface area contributed by atoms with Gasteiger partial charge in [-0.15, -0.1) is 0 Å². The summed E-state index contributed by atoms with van der Waals surface area (Å²) in [7, 11) is 1.29. The van der Waals surface area contributed by atoms with E-state index in [1.165, 1.54) is 32.2 Å². The number of hydrogen-bond acceptors (Lipinski definition) is 15. The molecule has 3 aromatic rings. The minimum absolute atomic E-state index is 0.0370. The Labute approximate surface area is 331 Å². The molecular weight excluding hydrogens is 760 g/mol. The van der Waals surface area contributed by atoms with Crippen LogP contribution in [0.4, 0.5) is 0 Å². The summed E-state index contributed by atoms with van der Waals surface area (Å²) in [6, 6.07) is 11.0. The Balaban J connectivity index is 1.24. The van der Waals surface area contributed by atoms with Gasteiger partial charge in [-0.05, 0) is 18.6 Å². The van der Waals surface area contributed by atoms with E-state index in [0.717, 1.165) is 5.56 Å². The van der Waals surface area contributed by atoms with E-state index in [4.69, 9.17) is 19.9 Å². The van der Waals surface area contributed by atoms with E-state index in [1.807, 2.05) is 0 Å². The smallest absolute Gasteiger partial charge is 0.243 e. The molecule has 1 heterocycles. The van der Waals surface area contributed by atoms with Gasteiger partial charge in [-0.2, -0.15) is 0 Å². The van der Waals surface area contributed by atoms with Gasteiger partial charge in [0.1, 0.15) is 41.6 Å². The molecular formula is C40H44N4O14. The first kappa shape index (κ1) is 41.9. The molecule has 0 bridgehead atoms. The van der Waals surface area contributed by atoms with Gasteiger partial charge >= 0.3 is 0 Å². The van der Waals surface area contributed by atoms with Crippen molar-refractivity contribution in [3.63, 3.8) is 0 Å². The summed E-state index contributed by atoms with van der Waals surface area (Å²) in [6.07, 6.45) is -6.60. The van der Waals surface area contributed by atoms with Crippen LogP contribution in [-0.4, -0.2) is 124 Å². The number of phenols is 2. The van der Waals surface area contributed by atoms with E-state index in [9.17, 15) is 54.3 Å². The number of nitrogens with two attached hydrogens (primary N) is 1. The number of amides is 3. The fourth-order valence-corrected chi connectivity index (χ4v) is 7.72. The van der Waals surface area contributed by atoms with Crippen LogP contribution in [0.2, 0.25) is 0 Å². The number of aliphatic hydroxyl groups is 3. The lowest BCUT2D eigenvalue weighted by atomic mass is 9.72. The zero-order valence-corrected chi connectivity index (χ0v) is 31.5. The fraction of sp³-hybridized carbons (Fsp3) is 0.400. The molecule has 0 spiro atoms. The zero-order chi connectivity index (χ0) is 42.1. The highest BCUT2D eigenvalue weighted by Crippen LogP contribution is 2.52. The molecule has 18 heteroatoms. The molecule has 3 aromatic carbocycles. The van der Waals surface area contributed by atoms with Crippen molar-refractivity contribution in [3.05, 3.63) is 87.5 Å². The number of phenolic OH excluding ortho intramolecular Hbond substituents is 2. The number of nitrogens with one attached hydrogen (secondary N) is 3. The molecule has 18 nitrogen and oxygen atoms in total. The second-order valence-electron chi connectivity index (χ2n) is 14.4. The summed E-state index contributed by atoms with van der Waals surface area (Å²) >= 11 is 0. The number of benzene rings is 3. The highest BCUT2D eigenvalue weighted by atomic mass is 16.7. The van der Waals surface area contributed by atoms with Crippen molar-refractivity contribution >= 4 is 35.1 Å². The number of Topliss-reactive ketones (excluding diaryl/α,β-unsaturated/α-hetero) is 1. The van der Waals surface area contributed by atoms with Crippen LogP contribution in [0.5, 0.6) is 17.2 Å². The standard InChI is InChI=1S/C40H44N4O14/c1-18-34(49)22(43-28(48)16-42-39(54)23(44-27(47)15-41)11-19-7-4-3-5-8-19)12-29(57-18)58-25-14-40(55,26(46)17-45)13-21-31(25)38(53)33-32(36(21)51)35(50)20-9-6-10-24(56-2)30(20)37(33)52/h3-10,18,22-23,25,29,34,45,49,51,53,55H,11-17,41H2,1-2H3,(H,42,54)(H,43,48)(H,44,47)/t18-,22-,23-,25-,29-,34+,40-/m0/s1. The monoisotopic (exact) mass is 804 g/mol. The van der Waals surface area contributed by atoms with Crippen molar-refractivity contribution < 1.29 is 68.5 Å². The number of fused-ring (bicyclic) bond motifs is 3. The van der Waals surface area contributed by atoms with E-state index in [-0.39, 0.29) is 47.4 Å². The maximum absolute atomic E-state index is 13.9. The number of aliphatic hydroxyl groups excluding tert-OH is 2. The fourth-order valence-electron chi connectivity index (χ4n) is 7.72. The van der Waals surface area contributed by atoms with Gasteiger partial charge in [0.2, 0.25) is 23.5 Å². The van der Waals surface area contributed by atoms with Crippen LogP contribution in [0.25, 0.3) is 0 Å². The molecule has 1 saturated heterocycles. The Morgan fingerprint density at radius 1 is 0.983 bits per heavy atom. The Hall–Kier alpha value is -5.76. The van der Waals surface area contributed by atoms with Gasteiger partial charge in [-0.25, -0.2) is 0 Å². The number of ether oxygens (including phenoxy) is 3. The van der Waals surface area contributed by atoms with Crippen LogP contribution in [0.1, 0.15) is 74.4 Å². The lowest BCUT2D eigenvalue weighted by Crippen LogP contribution is -2.57. The van der Waals surface area contributed by atoms with Crippen molar-refractivity contribution in [2.24, 2.45) is 5.73 Å². The SMILES string of the molecule is COc1cccc2c1C(=O)c1c(O)c3c(c(O)c1C2=O)C[C@@](O)(C(=O)CO)C[C@@H]3O[C@H]1C[C@H](NC(=O)CNC(=O)[C@H](Cc2ccccc2)NC(=O)CN)[C@H](O)[C@H](C)O1. The molecule has 1 aliphatic heterocycles. The molecule has 3 aliphatic rings. The van der Waals surface area contributed by atoms with Gasteiger partial charge in [0.15, 0.2) is 17.9 Å². The molecule has 58 heavy (non-hydrogen) atoms. The van der Waals surface area contributed by atoms with Crippen molar-refractivity contribution in [2.45, 2.75) is 74.9 Å². The van der Waals surface area contributed by atoms with Gasteiger partial charge in [-0.3, -0.25) is 28.8 Å². The average Bonchev–Trinajstić information content (AvgIpc) is 3.21. The Kier molecular flexibility index (Phi) is 12.3. The number of methoxy groups -OCH3 is 1. The van der Waals surface area contributed by atoms with E-state index >= 15 is 0 Å². The third kappa shape index (κ3) is 8.02. The number of carbonyl (C=O) groups excluding carboxylic acids is 6. The van der Waals surface area contributed by atoms with Crippen LogP contribution in [0.3, 0.4) is 0 Å².